The summed E-state index contributed by atoms with van der Waals surface area (Å²) in [7, 11) is 1.55. The van der Waals surface area contributed by atoms with Crippen molar-refractivity contribution >= 4 is 27.3 Å². The molecule has 2 N–H and O–H groups in total. The van der Waals surface area contributed by atoms with Crippen LogP contribution in [0.4, 0.5) is 11.4 Å². The molecule has 0 fully saturated rings. The summed E-state index contributed by atoms with van der Waals surface area (Å²) >= 11 is 3.39. The molecule has 0 atom stereocenters. The molecule has 0 aromatic heterocycles. The van der Waals surface area contributed by atoms with Crippen molar-refractivity contribution in [2.75, 3.05) is 12.8 Å². The highest BCUT2D eigenvalue weighted by molar-refractivity contribution is 9.10. The summed E-state index contributed by atoms with van der Waals surface area (Å²) < 4.78 is 11.7. The van der Waals surface area contributed by atoms with Crippen LogP contribution in [0.15, 0.2) is 40.9 Å². The molecule has 0 saturated carbocycles. The van der Waals surface area contributed by atoms with Gasteiger partial charge in [-0.05, 0) is 45.8 Å². The number of methoxy groups -OCH3 is 1. The third kappa shape index (κ3) is 3.43. The lowest BCUT2D eigenvalue weighted by molar-refractivity contribution is -0.383. The number of rotatable bonds is 5. The molecule has 0 heterocycles. The van der Waals surface area contributed by atoms with E-state index in [4.69, 9.17) is 15.2 Å². The van der Waals surface area contributed by atoms with Gasteiger partial charge < -0.3 is 15.2 Å². The number of hydrogen-bond acceptors (Lipinski definition) is 5. The molecular weight excluding hydrogens is 340 g/mol. The van der Waals surface area contributed by atoms with Crippen LogP contribution in [0.1, 0.15) is 5.56 Å². The Bertz CT molecular complexity index is 676. The zero-order chi connectivity index (χ0) is 15.4. The predicted octanol–water partition coefficient (Wildman–Crippen LogP) is 3.53. The fourth-order valence-electron chi connectivity index (χ4n) is 1.81. The van der Waals surface area contributed by atoms with Gasteiger partial charge >= 0.3 is 0 Å². The van der Waals surface area contributed by atoms with Crippen LogP contribution in [0, 0.1) is 10.1 Å². The quantitative estimate of drug-likeness (QED) is 0.505. The third-order valence-corrected chi connectivity index (χ3v) is 3.45. The number of halogens is 1. The Balaban J connectivity index is 2.17. The lowest BCUT2D eigenvalue weighted by Crippen LogP contribution is -2.01. The fourth-order valence-corrected chi connectivity index (χ4v) is 2.27. The Kier molecular flexibility index (Phi) is 4.64. The van der Waals surface area contributed by atoms with E-state index in [-0.39, 0.29) is 18.0 Å². The Morgan fingerprint density at radius 3 is 2.71 bits per heavy atom. The van der Waals surface area contributed by atoms with Crippen molar-refractivity contribution < 1.29 is 14.4 Å². The van der Waals surface area contributed by atoms with Gasteiger partial charge in [-0.3, -0.25) is 10.1 Å². The lowest BCUT2D eigenvalue weighted by atomic mass is 10.2. The molecular formula is C14H13BrN2O4. The standard InChI is InChI=1S/C14H13BrN2O4/c1-20-13-4-2-3-10(15)14(13)21-8-9-5-6-12(17(18)19)11(16)7-9/h2-7H,8,16H2,1H3. The van der Waals surface area contributed by atoms with E-state index in [1.54, 1.807) is 19.2 Å². The molecule has 2 aromatic carbocycles. The number of hydrogen-bond donors (Lipinski definition) is 1. The summed E-state index contributed by atoms with van der Waals surface area (Å²) in [5.41, 5.74) is 6.38. The highest BCUT2D eigenvalue weighted by Gasteiger charge is 2.13. The zero-order valence-electron chi connectivity index (χ0n) is 11.2. The Labute approximate surface area is 129 Å². The van der Waals surface area contributed by atoms with Crippen LogP contribution in [0.25, 0.3) is 0 Å². The van der Waals surface area contributed by atoms with E-state index in [1.165, 1.54) is 12.1 Å². The maximum Gasteiger partial charge on any atom is 0.292 e. The number of ether oxygens (including phenoxy) is 2. The predicted molar refractivity (Wildman–Crippen MR) is 82.5 cm³/mol. The molecule has 0 amide bonds. The Morgan fingerprint density at radius 1 is 1.33 bits per heavy atom. The van der Waals surface area contributed by atoms with E-state index < -0.39 is 4.92 Å². The molecule has 2 rings (SSSR count). The maximum atomic E-state index is 10.7. The molecule has 0 saturated heterocycles. The molecule has 0 bridgehead atoms. The van der Waals surface area contributed by atoms with E-state index in [9.17, 15) is 10.1 Å². The summed E-state index contributed by atoms with van der Waals surface area (Å²) in [5.74, 6) is 1.16. The minimum Gasteiger partial charge on any atom is -0.493 e. The van der Waals surface area contributed by atoms with Crippen LogP contribution in [-0.2, 0) is 6.61 Å². The summed E-state index contributed by atoms with van der Waals surface area (Å²) in [5, 5.41) is 10.7. The van der Waals surface area contributed by atoms with E-state index in [1.807, 2.05) is 12.1 Å². The van der Waals surface area contributed by atoms with Gasteiger partial charge in [-0.25, -0.2) is 0 Å². The van der Waals surface area contributed by atoms with Crippen LogP contribution < -0.4 is 15.2 Å². The Hall–Kier alpha value is -2.28. The van der Waals surface area contributed by atoms with Gasteiger partial charge in [-0.1, -0.05) is 6.07 Å². The molecule has 21 heavy (non-hydrogen) atoms. The monoisotopic (exact) mass is 352 g/mol. The second kappa shape index (κ2) is 6.45. The first-order valence-corrected chi connectivity index (χ1v) is 6.80. The minimum atomic E-state index is -0.517. The van der Waals surface area contributed by atoms with Crippen LogP contribution >= 0.6 is 15.9 Å². The molecule has 7 heteroatoms. The molecule has 0 aliphatic carbocycles. The highest BCUT2D eigenvalue weighted by atomic mass is 79.9. The maximum absolute atomic E-state index is 10.7. The lowest BCUT2D eigenvalue weighted by Gasteiger charge is -2.12. The van der Waals surface area contributed by atoms with E-state index in [2.05, 4.69) is 15.9 Å². The first-order valence-electron chi connectivity index (χ1n) is 6.01. The SMILES string of the molecule is COc1cccc(Br)c1OCc1ccc([N+](=O)[O-])c(N)c1. The summed E-state index contributed by atoms with van der Waals surface area (Å²) in [6, 6.07) is 9.95. The topological polar surface area (TPSA) is 87.6 Å². The van der Waals surface area contributed by atoms with Gasteiger partial charge in [0, 0.05) is 6.07 Å². The van der Waals surface area contributed by atoms with Crippen molar-refractivity contribution in [2.45, 2.75) is 6.61 Å². The normalized spacial score (nSPS) is 10.2. The van der Waals surface area contributed by atoms with Crippen molar-refractivity contribution in [1.29, 1.82) is 0 Å². The van der Waals surface area contributed by atoms with Gasteiger partial charge in [0.25, 0.3) is 5.69 Å². The number of nitro benzene ring substituents is 1. The van der Waals surface area contributed by atoms with Gasteiger partial charge in [0.1, 0.15) is 12.3 Å². The second-order valence-electron chi connectivity index (χ2n) is 4.21. The highest BCUT2D eigenvalue weighted by Crippen LogP contribution is 2.35. The van der Waals surface area contributed by atoms with Crippen LogP contribution in [0.5, 0.6) is 11.5 Å². The first-order chi connectivity index (χ1) is 10.0. The zero-order valence-corrected chi connectivity index (χ0v) is 12.8. The molecule has 0 radical (unpaired) electrons. The van der Waals surface area contributed by atoms with Gasteiger partial charge in [0.2, 0.25) is 0 Å². The van der Waals surface area contributed by atoms with Crippen LogP contribution in [0.3, 0.4) is 0 Å². The molecule has 110 valence electrons. The Morgan fingerprint density at radius 2 is 2.10 bits per heavy atom. The number of benzene rings is 2. The summed E-state index contributed by atoms with van der Waals surface area (Å²) in [4.78, 5) is 10.2. The largest absolute Gasteiger partial charge is 0.493 e. The minimum absolute atomic E-state index is 0.111. The number of nitrogens with two attached hydrogens (primary N) is 1. The van der Waals surface area contributed by atoms with E-state index in [0.29, 0.717) is 11.5 Å². The van der Waals surface area contributed by atoms with Crippen LogP contribution in [-0.4, -0.2) is 12.0 Å². The average Bonchev–Trinajstić information content (AvgIpc) is 2.45. The van der Waals surface area contributed by atoms with Crippen LogP contribution in [0.2, 0.25) is 0 Å². The molecule has 6 nitrogen and oxygen atoms in total. The molecule has 0 spiro atoms. The van der Waals surface area contributed by atoms with Crippen molar-refractivity contribution in [2.24, 2.45) is 0 Å². The second-order valence-corrected chi connectivity index (χ2v) is 5.06. The van der Waals surface area contributed by atoms with Crippen molar-refractivity contribution in [3.8, 4) is 11.5 Å². The van der Waals surface area contributed by atoms with Crippen molar-refractivity contribution in [3.63, 3.8) is 0 Å². The van der Waals surface area contributed by atoms with E-state index >= 15 is 0 Å². The van der Waals surface area contributed by atoms with Gasteiger partial charge in [0.05, 0.1) is 16.5 Å². The number of nitrogens with zero attached hydrogens (tertiary/aromatic N) is 1. The van der Waals surface area contributed by atoms with E-state index in [0.717, 1.165) is 10.0 Å². The van der Waals surface area contributed by atoms with Gasteiger partial charge in [-0.15, -0.1) is 0 Å². The molecule has 0 aliphatic rings. The average molecular weight is 353 g/mol. The first kappa shape index (κ1) is 15.1. The molecule has 0 unspecified atom stereocenters. The number of nitrogen functional groups attached to an aromatic ring is 1. The smallest absolute Gasteiger partial charge is 0.292 e. The fraction of sp³-hybridized carbons (Fsp3) is 0.143. The van der Waals surface area contributed by atoms with Gasteiger partial charge in [0.15, 0.2) is 11.5 Å². The summed E-state index contributed by atoms with van der Waals surface area (Å²) in [6.07, 6.45) is 0. The molecule has 2 aromatic rings. The summed E-state index contributed by atoms with van der Waals surface area (Å²) in [6.45, 7) is 0.223. The third-order valence-electron chi connectivity index (χ3n) is 2.82. The van der Waals surface area contributed by atoms with Crippen molar-refractivity contribution in [1.82, 2.24) is 0 Å². The van der Waals surface area contributed by atoms with Gasteiger partial charge in [-0.2, -0.15) is 0 Å². The number of nitro groups is 1. The van der Waals surface area contributed by atoms with Crippen molar-refractivity contribution in [3.05, 3.63) is 56.5 Å². The molecule has 0 aliphatic heterocycles. The number of para-hydroxylation sites is 1. The number of anilines is 1.